The lowest BCUT2D eigenvalue weighted by Gasteiger charge is -2.23. The number of fused-ring (bicyclic) bond motifs is 1. The van der Waals surface area contributed by atoms with Crippen molar-refractivity contribution >= 4 is 17.0 Å². The van der Waals surface area contributed by atoms with Gasteiger partial charge in [0.1, 0.15) is 0 Å². The van der Waals surface area contributed by atoms with Gasteiger partial charge in [-0.25, -0.2) is 4.79 Å². The molecule has 0 saturated heterocycles. The van der Waals surface area contributed by atoms with Crippen LogP contribution in [0.25, 0.3) is 27.8 Å². The van der Waals surface area contributed by atoms with Crippen molar-refractivity contribution < 1.29 is 9.90 Å². The van der Waals surface area contributed by atoms with E-state index in [1.807, 2.05) is 0 Å². The molecule has 2 unspecified atom stereocenters. The van der Waals surface area contributed by atoms with Crippen LogP contribution in [0, 0.1) is 5.92 Å². The van der Waals surface area contributed by atoms with Gasteiger partial charge in [0, 0.05) is 28.9 Å². The van der Waals surface area contributed by atoms with E-state index in [4.69, 9.17) is 4.98 Å². The molecular weight excluding hydrogens is 518 g/mol. The van der Waals surface area contributed by atoms with Gasteiger partial charge in [-0.15, -0.1) is 0 Å². The Hall–Kier alpha value is -3.60. The summed E-state index contributed by atoms with van der Waals surface area (Å²) in [5.74, 6) is 0.864. The van der Waals surface area contributed by atoms with Crippen LogP contribution in [-0.2, 0) is 19.3 Å². The maximum atomic E-state index is 11.5. The van der Waals surface area contributed by atoms with Crippen molar-refractivity contribution in [2.75, 3.05) is 0 Å². The van der Waals surface area contributed by atoms with E-state index in [9.17, 15) is 9.90 Å². The second-order valence-electron chi connectivity index (χ2n) is 12.0. The molecule has 4 aromatic rings. The molecule has 224 valence electrons. The monoisotopic (exact) mass is 567 g/mol. The molecule has 42 heavy (non-hydrogen) atoms. The number of carbonyl (C=O) groups is 1. The molecule has 2 aromatic carbocycles. The second-order valence-corrected chi connectivity index (χ2v) is 12.0. The number of hydrogen-bond acceptors (Lipinski definition) is 2. The van der Waals surface area contributed by atoms with Gasteiger partial charge in [-0.05, 0) is 84.4 Å². The van der Waals surface area contributed by atoms with Crippen LogP contribution in [0.4, 0.5) is 4.79 Å². The number of rotatable bonds is 14. The lowest BCUT2D eigenvalue weighted by Crippen LogP contribution is -2.35. The summed E-state index contributed by atoms with van der Waals surface area (Å²) in [4.78, 5) is 16.6. The molecule has 5 heteroatoms. The molecule has 0 aliphatic heterocycles. The van der Waals surface area contributed by atoms with Crippen molar-refractivity contribution in [3.05, 3.63) is 83.2 Å². The lowest BCUT2D eigenvalue weighted by molar-refractivity contribution is 0.185. The van der Waals surface area contributed by atoms with Gasteiger partial charge in [0.05, 0.1) is 17.4 Å². The van der Waals surface area contributed by atoms with Crippen molar-refractivity contribution in [3.8, 4) is 16.9 Å². The number of aryl methyl sites for hydroxylation is 2. The summed E-state index contributed by atoms with van der Waals surface area (Å²) in [5, 5.41) is 13.5. The van der Waals surface area contributed by atoms with E-state index >= 15 is 0 Å². The molecule has 1 amide bonds. The van der Waals surface area contributed by atoms with Crippen LogP contribution in [-0.4, -0.2) is 26.8 Å². The summed E-state index contributed by atoms with van der Waals surface area (Å²) in [6.45, 7) is 13.2. The minimum Gasteiger partial charge on any atom is -0.465 e. The molecule has 4 rings (SSSR count). The van der Waals surface area contributed by atoms with E-state index in [1.165, 1.54) is 33.2 Å². The maximum absolute atomic E-state index is 11.5. The van der Waals surface area contributed by atoms with Crippen molar-refractivity contribution in [3.63, 3.8) is 0 Å². The summed E-state index contributed by atoms with van der Waals surface area (Å²) in [6, 6.07) is 17.8. The Kier molecular flexibility index (Phi) is 10.8. The average Bonchev–Trinajstić information content (AvgIpc) is 3.33. The number of pyridine rings is 1. The van der Waals surface area contributed by atoms with Crippen LogP contribution in [0.1, 0.15) is 102 Å². The molecule has 0 spiro atoms. The van der Waals surface area contributed by atoms with Crippen molar-refractivity contribution in [1.29, 1.82) is 0 Å². The van der Waals surface area contributed by atoms with E-state index in [-0.39, 0.29) is 6.04 Å². The Balaban J connectivity index is 1.84. The third-order valence-corrected chi connectivity index (χ3v) is 8.65. The Morgan fingerprint density at radius 3 is 2.17 bits per heavy atom. The molecule has 2 aromatic heterocycles. The van der Waals surface area contributed by atoms with Crippen LogP contribution in [0.2, 0.25) is 0 Å². The van der Waals surface area contributed by atoms with Crippen LogP contribution < -0.4 is 5.32 Å². The first-order valence-corrected chi connectivity index (χ1v) is 16.0. The van der Waals surface area contributed by atoms with Gasteiger partial charge in [-0.3, -0.25) is 4.98 Å². The fraction of sp³-hybridized carbons (Fsp3) is 0.459. The topological polar surface area (TPSA) is 67.2 Å². The Labute approximate surface area is 252 Å². The molecule has 2 heterocycles. The molecule has 0 radical (unpaired) electrons. The fourth-order valence-electron chi connectivity index (χ4n) is 6.49. The third-order valence-electron chi connectivity index (χ3n) is 8.65. The SMILES string of the molecule is CCCC(Cc1cn(-c2ccc(C(C)C)cc2)c2cnc(-c3c(CC)cccc3CC)cc12)CC(CCC)NC(=O)O. The van der Waals surface area contributed by atoms with Gasteiger partial charge < -0.3 is 15.0 Å². The minimum atomic E-state index is -0.929. The summed E-state index contributed by atoms with van der Waals surface area (Å²) < 4.78 is 2.29. The number of aromatic nitrogens is 2. The van der Waals surface area contributed by atoms with Crippen molar-refractivity contribution in [2.45, 2.75) is 105 Å². The Bertz CT molecular complexity index is 1450. The molecule has 2 atom stereocenters. The normalized spacial score (nSPS) is 13.0. The van der Waals surface area contributed by atoms with Crippen molar-refractivity contribution in [2.24, 2.45) is 5.92 Å². The molecule has 0 bridgehead atoms. The number of hydrogen-bond donors (Lipinski definition) is 2. The molecular formula is C37H49N3O2. The first kappa shape index (κ1) is 31.3. The molecule has 0 aliphatic rings. The lowest BCUT2D eigenvalue weighted by atomic mass is 9.87. The van der Waals surface area contributed by atoms with Crippen LogP contribution in [0.3, 0.4) is 0 Å². The van der Waals surface area contributed by atoms with Gasteiger partial charge >= 0.3 is 6.09 Å². The van der Waals surface area contributed by atoms with Crippen LogP contribution in [0.5, 0.6) is 0 Å². The largest absolute Gasteiger partial charge is 0.465 e. The highest BCUT2D eigenvalue weighted by molar-refractivity contribution is 5.89. The van der Waals surface area contributed by atoms with E-state index in [0.717, 1.165) is 68.3 Å². The molecule has 2 N–H and O–H groups in total. The maximum Gasteiger partial charge on any atom is 0.404 e. The van der Waals surface area contributed by atoms with Gasteiger partial charge in [-0.2, -0.15) is 0 Å². The molecule has 0 saturated carbocycles. The number of amides is 1. The quantitative estimate of drug-likeness (QED) is 0.159. The van der Waals surface area contributed by atoms with Crippen LogP contribution in [0.15, 0.2) is 60.9 Å². The van der Waals surface area contributed by atoms with E-state index in [1.54, 1.807) is 0 Å². The zero-order valence-corrected chi connectivity index (χ0v) is 26.4. The van der Waals surface area contributed by atoms with Gasteiger partial charge in [0.2, 0.25) is 0 Å². The number of benzene rings is 2. The number of nitrogens with zero attached hydrogens (tertiary/aromatic N) is 2. The molecule has 0 fully saturated rings. The third kappa shape index (κ3) is 7.24. The highest BCUT2D eigenvalue weighted by atomic mass is 16.4. The average molecular weight is 568 g/mol. The van der Waals surface area contributed by atoms with Crippen molar-refractivity contribution in [1.82, 2.24) is 14.9 Å². The summed E-state index contributed by atoms with van der Waals surface area (Å²) in [5.41, 5.74) is 9.85. The summed E-state index contributed by atoms with van der Waals surface area (Å²) in [6.07, 6.45) is 11.1. The standard InChI is InChI=1S/C37H49N3O2/c1-7-12-26(21-31(13-8-2)39-37(41)42)20-30-24-40(32-18-16-29(17-19-32)25(5)6)35-23-38-34(22-33(30)35)36-27(9-3)14-11-15-28(36)10-4/h11,14-19,22-26,31,39H,7-10,12-13,20-21H2,1-6H3,(H,41,42). The van der Waals surface area contributed by atoms with Gasteiger partial charge in [0.15, 0.2) is 0 Å². The first-order chi connectivity index (χ1) is 20.3. The first-order valence-electron chi connectivity index (χ1n) is 16.0. The smallest absolute Gasteiger partial charge is 0.404 e. The summed E-state index contributed by atoms with van der Waals surface area (Å²) >= 11 is 0. The summed E-state index contributed by atoms with van der Waals surface area (Å²) in [7, 11) is 0. The predicted octanol–water partition coefficient (Wildman–Crippen LogP) is 9.73. The highest BCUT2D eigenvalue weighted by Crippen LogP contribution is 2.34. The van der Waals surface area contributed by atoms with Gasteiger partial charge in [-0.1, -0.05) is 91.1 Å². The molecule has 5 nitrogen and oxygen atoms in total. The van der Waals surface area contributed by atoms with E-state index < -0.39 is 6.09 Å². The van der Waals surface area contributed by atoms with Gasteiger partial charge in [0.25, 0.3) is 0 Å². The Morgan fingerprint density at radius 2 is 1.60 bits per heavy atom. The Morgan fingerprint density at radius 1 is 0.929 bits per heavy atom. The second kappa shape index (κ2) is 14.5. The van der Waals surface area contributed by atoms with E-state index in [2.05, 4.69) is 112 Å². The zero-order valence-electron chi connectivity index (χ0n) is 26.4. The fourth-order valence-corrected chi connectivity index (χ4v) is 6.49. The number of nitrogens with one attached hydrogen (secondary N) is 1. The number of carboxylic acid groups (broad SMARTS) is 1. The van der Waals surface area contributed by atoms with Crippen LogP contribution >= 0.6 is 0 Å². The molecule has 0 aliphatic carbocycles. The highest BCUT2D eigenvalue weighted by Gasteiger charge is 2.21. The zero-order chi connectivity index (χ0) is 30.2. The van der Waals surface area contributed by atoms with E-state index in [0.29, 0.717) is 11.8 Å². The minimum absolute atomic E-state index is 0.0262. The predicted molar refractivity (Wildman–Crippen MR) is 176 cm³/mol.